The molecule has 0 unspecified atom stereocenters. The second-order valence-electron chi connectivity index (χ2n) is 6.10. The molecule has 0 aliphatic carbocycles. The minimum atomic E-state index is -3.52. The number of amides is 1. The van der Waals surface area contributed by atoms with Crippen LogP contribution in [0, 0.1) is 0 Å². The Morgan fingerprint density at radius 3 is 2.41 bits per heavy atom. The maximum atomic E-state index is 12.7. The van der Waals surface area contributed by atoms with Crippen LogP contribution in [0.4, 0.5) is 5.69 Å². The first kappa shape index (κ1) is 19.1. The normalized spacial score (nSPS) is 11.9. The molecule has 7 nitrogen and oxygen atoms in total. The molecule has 0 saturated heterocycles. The zero-order chi connectivity index (χ0) is 19.6. The molecule has 1 amide bonds. The third-order valence-corrected chi connectivity index (χ3v) is 5.91. The van der Waals surface area contributed by atoms with E-state index < -0.39 is 15.9 Å². The van der Waals surface area contributed by atoms with Gasteiger partial charge in [-0.3, -0.25) is 4.79 Å². The Labute approximate surface area is 157 Å². The van der Waals surface area contributed by atoms with E-state index in [0.717, 1.165) is 9.69 Å². The van der Waals surface area contributed by atoms with Crippen LogP contribution in [0.2, 0.25) is 0 Å². The number of nitrogens with zero attached hydrogens (tertiary/aromatic N) is 1. The molecule has 1 aromatic heterocycles. The van der Waals surface area contributed by atoms with Gasteiger partial charge in [0.15, 0.2) is 5.76 Å². The average molecular weight is 388 g/mol. The summed E-state index contributed by atoms with van der Waals surface area (Å²) >= 11 is 0. The summed E-state index contributed by atoms with van der Waals surface area (Å²) in [6, 6.07) is 13.3. The Morgan fingerprint density at radius 1 is 1.11 bits per heavy atom. The number of furan rings is 1. The van der Waals surface area contributed by atoms with Gasteiger partial charge in [0.2, 0.25) is 10.0 Å². The summed E-state index contributed by atoms with van der Waals surface area (Å²) < 4.78 is 36.3. The highest BCUT2D eigenvalue weighted by Gasteiger charge is 2.21. The van der Waals surface area contributed by atoms with Crippen LogP contribution in [0.5, 0.6) is 0 Å². The largest absolute Gasteiger partial charge is 0.451 e. The van der Waals surface area contributed by atoms with Crippen molar-refractivity contribution in [3.05, 3.63) is 59.9 Å². The van der Waals surface area contributed by atoms with Crippen molar-refractivity contribution in [2.75, 3.05) is 26.5 Å². The highest BCUT2D eigenvalue weighted by molar-refractivity contribution is 7.89. The van der Waals surface area contributed by atoms with Gasteiger partial charge in [0.1, 0.15) is 5.58 Å². The molecule has 2 aromatic carbocycles. The molecule has 0 atom stereocenters. The van der Waals surface area contributed by atoms with Crippen LogP contribution in [-0.4, -0.2) is 39.8 Å². The lowest BCUT2D eigenvalue weighted by atomic mass is 10.1. The number of anilines is 1. The Morgan fingerprint density at radius 2 is 1.78 bits per heavy atom. The van der Waals surface area contributed by atoms with Gasteiger partial charge in [-0.1, -0.05) is 18.2 Å². The lowest BCUT2D eigenvalue weighted by Gasteiger charge is -2.12. The van der Waals surface area contributed by atoms with E-state index in [1.54, 1.807) is 13.2 Å². The number of rotatable bonds is 6. The molecule has 0 aliphatic rings. The lowest BCUT2D eigenvalue weighted by molar-refractivity contribution is 0.0992. The molecule has 0 spiro atoms. The number of ether oxygens (including phenoxy) is 1. The van der Waals surface area contributed by atoms with Gasteiger partial charge in [0.05, 0.1) is 11.5 Å². The fourth-order valence-corrected chi connectivity index (χ4v) is 3.58. The highest BCUT2D eigenvalue weighted by atomic mass is 32.2. The first-order valence-electron chi connectivity index (χ1n) is 8.18. The first-order chi connectivity index (χ1) is 12.8. The molecule has 3 aromatic rings. The Kier molecular flexibility index (Phi) is 5.31. The van der Waals surface area contributed by atoms with Crippen LogP contribution in [0.15, 0.2) is 57.8 Å². The maximum absolute atomic E-state index is 12.7. The van der Waals surface area contributed by atoms with Gasteiger partial charge in [-0.2, -0.15) is 0 Å². The number of fused-ring (bicyclic) bond motifs is 1. The van der Waals surface area contributed by atoms with Crippen LogP contribution in [0.3, 0.4) is 0 Å². The molecule has 1 N–H and O–H groups in total. The predicted octanol–water partition coefficient (Wildman–Crippen LogP) is 3.08. The molecule has 8 heteroatoms. The SMILES string of the molecule is COCc1c(C(=O)Nc2ccc(S(=O)(=O)N(C)C)cc2)oc2ccccc12. The van der Waals surface area contributed by atoms with E-state index in [9.17, 15) is 13.2 Å². The van der Waals surface area contributed by atoms with E-state index in [1.165, 1.54) is 38.4 Å². The summed E-state index contributed by atoms with van der Waals surface area (Å²) in [5, 5.41) is 3.55. The van der Waals surface area contributed by atoms with Gasteiger partial charge in [0, 0.05) is 37.8 Å². The van der Waals surface area contributed by atoms with Crippen LogP contribution >= 0.6 is 0 Å². The number of methoxy groups -OCH3 is 1. The van der Waals surface area contributed by atoms with E-state index in [1.807, 2.05) is 18.2 Å². The van der Waals surface area contributed by atoms with Crippen molar-refractivity contribution in [3.63, 3.8) is 0 Å². The van der Waals surface area contributed by atoms with E-state index in [-0.39, 0.29) is 17.3 Å². The van der Waals surface area contributed by atoms with Crippen molar-refractivity contribution in [1.82, 2.24) is 4.31 Å². The molecule has 0 bridgehead atoms. The summed E-state index contributed by atoms with van der Waals surface area (Å²) in [6.45, 7) is 0.236. The van der Waals surface area contributed by atoms with Crippen molar-refractivity contribution in [2.45, 2.75) is 11.5 Å². The summed E-state index contributed by atoms with van der Waals surface area (Å²) in [4.78, 5) is 12.8. The van der Waals surface area contributed by atoms with Gasteiger partial charge in [0.25, 0.3) is 5.91 Å². The van der Waals surface area contributed by atoms with Crippen LogP contribution in [0.25, 0.3) is 11.0 Å². The molecule has 27 heavy (non-hydrogen) atoms. The quantitative estimate of drug-likeness (QED) is 0.701. The van der Waals surface area contributed by atoms with Crippen molar-refractivity contribution in [2.24, 2.45) is 0 Å². The number of sulfonamides is 1. The highest BCUT2D eigenvalue weighted by Crippen LogP contribution is 2.27. The number of hydrogen-bond donors (Lipinski definition) is 1. The molecule has 3 rings (SSSR count). The lowest BCUT2D eigenvalue weighted by Crippen LogP contribution is -2.22. The molecule has 0 aliphatic heterocycles. The van der Waals surface area contributed by atoms with Gasteiger partial charge in [-0.25, -0.2) is 12.7 Å². The van der Waals surface area contributed by atoms with Crippen molar-refractivity contribution in [3.8, 4) is 0 Å². The Hall–Kier alpha value is -2.68. The van der Waals surface area contributed by atoms with E-state index >= 15 is 0 Å². The van der Waals surface area contributed by atoms with Gasteiger partial charge < -0.3 is 14.5 Å². The predicted molar refractivity (Wildman–Crippen MR) is 102 cm³/mol. The van der Waals surface area contributed by atoms with Crippen molar-refractivity contribution >= 4 is 32.6 Å². The number of carbonyl (C=O) groups is 1. The second-order valence-corrected chi connectivity index (χ2v) is 8.26. The molecule has 0 saturated carbocycles. The summed E-state index contributed by atoms with van der Waals surface area (Å²) in [6.07, 6.45) is 0. The fraction of sp³-hybridized carbons (Fsp3) is 0.211. The fourth-order valence-electron chi connectivity index (χ4n) is 2.68. The number of nitrogens with one attached hydrogen (secondary N) is 1. The number of para-hydroxylation sites is 1. The van der Waals surface area contributed by atoms with Crippen molar-refractivity contribution in [1.29, 1.82) is 0 Å². The monoisotopic (exact) mass is 388 g/mol. The standard InChI is InChI=1S/C19H20N2O5S/c1-21(2)27(23,24)14-10-8-13(9-11-14)20-19(22)18-16(12-25-3)15-6-4-5-7-17(15)26-18/h4-11H,12H2,1-3H3,(H,20,22). The van der Waals surface area contributed by atoms with Gasteiger partial charge in [-0.15, -0.1) is 0 Å². The van der Waals surface area contributed by atoms with Crippen LogP contribution < -0.4 is 5.32 Å². The number of hydrogen-bond acceptors (Lipinski definition) is 5. The van der Waals surface area contributed by atoms with Crippen LogP contribution in [0.1, 0.15) is 16.1 Å². The van der Waals surface area contributed by atoms with Gasteiger partial charge in [-0.05, 0) is 30.3 Å². The third kappa shape index (κ3) is 3.73. The second kappa shape index (κ2) is 7.51. The summed E-state index contributed by atoms with van der Waals surface area (Å²) in [5.41, 5.74) is 1.72. The minimum Gasteiger partial charge on any atom is -0.451 e. The Balaban J connectivity index is 1.88. The number of carbonyl (C=O) groups excluding carboxylic acids is 1. The minimum absolute atomic E-state index is 0.148. The smallest absolute Gasteiger partial charge is 0.291 e. The zero-order valence-electron chi connectivity index (χ0n) is 15.2. The molecule has 142 valence electrons. The van der Waals surface area contributed by atoms with E-state index in [0.29, 0.717) is 16.8 Å². The molecular weight excluding hydrogens is 368 g/mol. The summed E-state index contributed by atoms with van der Waals surface area (Å²) in [5.74, 6) is -0.260. The van der Waals surface area contributed by atoms with E-state index in [2.05, 4.69) is 5.32 Å². The first-order valence-corrected chi connectivity index (χ1v) is 9.62. The van der Waals surface area contributed by atoms with Gasteiger partial charge >= 0.3 is 0 Å². The molecule has 0 radical (unpaired) electrons. The molecule has 0 fully saturated rings. The molecular formula is C19H20N2O5S. The van der Waals surface area contributed by atoms with E-state index in [4.69, 9.17) is 9.15 Å². The van der Waals surface area contributed by atoms with Crippen molar-refractivity contribution < 1.29 is 22.4 Å². The third-order valence-electron chi connectivity index (χ3n) is 4.08. The Bertz CT molecular complexity index is 1070. The summed E-state index contributed by atoms with van der Waals surface area (Å²) in [7, 11) is 0.953. The van der Waals surface area contributed by atoms with Crippen LogP contribution in [-0.2, 0) is 21.4 Å². The topological polar surface area (TPSA) is 88.8 Å². The molecule has 1 heterocycles. The average Bonchev–Trinajstić information content (AvgIpc) is 3.01. The maximum Gasteiger partial charge on any atom is 0.291 e. The number of benzene rings is 2. The zero-order valence-corrected chi connectivity index (χ0v) is 16.0.